The van der Waals surface area contributed by atoms with Crippen molar-refractivity contribution in [3.05, 3.63) is 53.6 Å². The van der Waals surface area contributed by atoms with Crippen LogP contribution in [0.15, 0.2) is 36.9 Å². The molecular weight excluding hydrogens is 414 g/mol. The van der Waals surface area contributed by atoms with E-state index in [4.69, 9.17) is 0 Å². The van der Waals surface area contributed by atoms with E-state index in [9.17, 15) is 31.1 Å². The molecule has 2 heterocycles. The molecule has 30 heavy (non-hydrogen) atoms. The second-order valence-electron chi connectivity index (χ2n) is 7.01. The summed E-state index contributed by atoms with van der Waals surface area (Å²) >= 11 is 0. The number of aromatic nitrogens is 2. The minimum absolute atomic E-state index is 0.00325. The summed E-state index contributed by atoms with van der Waals surface area (Å²) in [4.78, 5) is 20.8. The summed E-state index contributed by atoms with van der Waals surface area (Å²) in [6, 6.07) is 3.85. The lowest BCUT2D eigenvalue weighted by Crippen LogP contribution is -2.39. The zero-order valence-corrected chi connectivity index (χ0v) is 15.6. The van der Waals surface area contributed by atoms with Crippen molar-refractivity contribution in [2.75, 3.05) is 25.0 Å². The number of nitrogens with zero attached hydrogens (tertiary/aromatic N) is 3. The number of piperidine rings is 1. The predicted octanol–water partition coefficient (Wildman–Crippen LogP) is 4.49. The monoisotopic (exact) mass is 432 g/mol. The summed E-state index contributed by atoms with van der Waals surface area (Å²) in [7, 11) is 0. The Labute approximate surface area is 168 Å². The number of amides is 1. The molecule has 0 saturated carbocycles. The first kappa shape index (κ1) is 22.0. The molecule has 1 aromatic carbocycles. The molecule has 5 nitrogen and oxygen atoms in total. The topological polar surface area (TPSA) is 58.1 Å². The van der Waals surface area contributed by atoms with Crippen molar-refractivity contribution in [2.24, 2.45) is 0 Å². The Morgan fingerprint density at radius 1 is 1.07 bits per heavy atom. The number of carbonyl (C=O) groups is 1. The van der Waals surface area contributed by atoms with Crippen molar-refractivity contribution in [1.29, 1.82) is 0 Å². The SMILES string of the molecule is O=C(Nc1cccc(C2CCN(CC(F)(F)F)CC2)c1C(F)(F)F)c1cncnc1. The maximum Gasteiger partial charge on any atom is 0.418 e. The number of anilines is 1. The lowest BCUT2D eigenvalue weighted by atomic mass is 9.85. The molecule has 11 heteroatoms. The van der Waals surface area contributed by atoms with Gasteiger partial charge in [-0.2, -0.15) is 26.3 Å². The number of halogens is 6. The van der Waals surface area contributed by atoms with Gasteiger partial charge < -0.3 is 5.32 Å². The van der Waals surface area contributed by atoms with Crippen molar-refractivity contribution < 1.29 is 31.1 Å². The van der Waals surface area contributed by atoms with Gasteiger partial charge in [0.2, 0.25) is 0 Å². The van der Waals surface area contributed by atoms with E-state index in [0.29, 0.717) is 0 Å². The minimum atomic E-state index is -4.75. The van der Waals surface area contributed by atoms with Crippen LogP contribution in [0.25, 0.3) is 0 Å². The summed E-state index contributed by atoms with van der Waals surface area (Å²) in [5.41, 5.74) is -1.43. The molecule has 0 bridgehead atoms. The van der Waals surface area contributed by atoms with E-state index in [1.54, 1.807) is 0 Å². The Morgan fingerprint density at radius 2 is 1.70 bits per heavy atom. The molecule has 0 unspecified atom stereocenters. The fraction of sp³-hybridized carbons (Fsp3) is 0.421. The molecule has 1 N–H and O–H groups in total. The van der Waals surface area contributed by atoms with Gasteiger partial charge in [0.15, 0.2) is 0 Å². The van der Waals surface area contributed by atoms with Crippen LogP contribution in [0.1, 0.15) is 40.2 Å². The molecule has 1 saturated heterocycles. The van der Waals surface area contributed by atoms with Gasteiger partial charge in [-0.25, -0.2) is 9.97 Å². The van der Waals surface area contributed by atoms with Crippen molar-refractivity contribution in [2.45, 2.75) is 31.1 Å². The average molecular weight is 432 g/mol. The van der Waals surface area contributed by atoms with E-state index in [0.717, 1.165) is 6.07 Å². The molecule has 0 atom stereocenters. The zero-order chi connectivity index (χ0) is 21.9. The summed E-state index contributed by atoms with van der Waals surface area (Å²) < 4.78 is 79.3. The summed E-state index contributed by atoms with van der Waals surface area (Å²) in [5, 5.41) is 2.25. The molecule has 1 aliphatic rings. The molecule has 1 fully saturated rings. The lowest BCUT2D eigenvalue weighted by Gasteiger charge is -2.33. The third kappa shape index (κ3) is 5.47. The standard InChI is InChI=1S/C19H18F6N4O/c20-18(21,22)10-29-6-4-12(5-7-29)14-2-1-3-15(16(14)19(23,24)25)28-17(30)13-8-26-11-27-9-13/h1-3,8-9,11-12H,4-7,10H2,(H,28,30). The van der Waals surface area contributed by atoms with E-state index < -0.39 is 42.0 Å². The van der Waals surface area contributed by atoms with Gasteiger partial charge in [0, 0.05) is 12.4 Å². The highest BCUT2D eigenvalue weighted by Gasteiger charge is 2.40. The molecule has 2 aromatic rings. The van der Waals surface area contributed by atoms with Crippen molar-refractivity contribution >= 4 is 11.6 Å². The fourth-order valence-electron chi connectivity index (χ4n) is 3.60. The van der Waals surface area contributed by atoms with Gasteiger partial charge >= 0.3 is 12.4 Å². The molecule has 1 aromatic heterocycles. The van der Waals surface area contributed by atoms with Gasteiger partial charge in [0.05, 0.1) is 23.4 Å². The van der Waals surface area contributed by atoms with E-state index in [1.807, 2.05) is 0 Å². The van der Waals surface area contributed by atoms with Crippen molar-refractivity contribution in [1.82, 2.24) is 14.9 Å². The fourth-order valence-corrected chi connectivity index (χ4v) is 3.60. The second kappa shape index (κ2) is 8.58. The van der Waals surface area contributed by atoms with Gasteiger partial charge in [-0.3, -0.25) is 9.69 Å². The van der Waals surface area contributed by atoms with Crippen LogP contribution in [-0.2, 0) is 6.18 Å². The number of carbonyl (C=O) groups excluding carboxylic acids is 1. The number of likely N-dealkylation sites (tertiary alicyclic amines) is 1. The molecule has 1 aliphatic heterocycles. The molecule has 3 rings (SSSR count). The molecule has 162 valence electrons. The molecule has 1 amide bonds. The number of rotatable bonds is 4. The largest absolute Gasteiger partial charge is 0.418 e. The quantitative estimate of drug-likeness (QED) is 0.724. The van der Waals surface area contributed by atoms with Crippen LogP contribution in [0.5, 0.6) is 0 Å². The molecule has 0 radical (unpaired) electrons. The predicted molar refractivity (Wildman–Crippen MR) is 95.9 cm³/mol. The minimum Gasteiger partial charge on any atom is -0.321 e. The smallest absolute Gasteiger partial charge is 0.321 e. The van der Waals surface area contributed by atoms with Crippen molar-refractivity contribution in [3.63, 3.8) is 0 Å². The first-order valence-electron chi connectivity index (χ1n) is 9.10. The normalized spacial score (nSPS) is 16.5. The Balaban J connectivity index is 1.84. The highest BCUT2D eigenvalue weighted by Crippen LogP contribution is 2.43. The van der Waals surface area contributed by atoms with E-state index in [1.165, 1.54) is 35.8 Å². The van der Waals surface area contributed by atoms with E-state index in [2.05, 4.69) is 15.3 Å². The summed E-state index contributed by atoms with van der Waals surface area (Å²) in [6.45, 7) is -1.00. The highest BCUT2D eigenvalue weighted by molar-refractivity contribution is 6.04. The highest BCUT2D eigenvalue weighted by atomic mass is 19.4. The van der Waals surface area contributed by atoms with Crippen molar-refractivity contribution in [3.8, 4) is 0 Å². The maximum absolute atomic E-state index is 13.9. The first-order valence-corrected chi connectivity index (χ1v) is 9.10. The van der Waals surface area contributed by atoms with Crippen LogP contribution in [0, 0.1) is 0 Å². The maximum atomic E-state index is 13.9. The molecular formula is C19H18F6N4O. The number of alkyl halides is 6. The van der Waals surface area contributed by atoms with Gasteiger partial charge in [-0.05, 0) is 43.5 Å². The van der Waals surface area contributed by atoms with E-state index >= 15 is 0 Å². The van der Waals surface area contributed by atoms with Crippen LogP contribution in [-0.4, -0.2) is 46.6 Å². The Kier molecular flexibility index (Phi) is 6.30. The number of benzene rings is 1. The third-order valence-corrected chi connectivity index (χ3v) is 4.88. The van der Waals surface area contributed by atoms with Crippen LogP contribution < -0.4 is 5.32 Å². The third-order valence-electron chi connectivity index (χ3n) is 4.88. The molecule has 0 spiro atoms. The van der Waals surface area contributed by atoms with Gasteiger partial charge in [0.25, 0.3) is 5.91 Å². The van der Waals surface area contributed by atoms with Gasteiger partial charge in [-0.15, -0.1) is 0 Å². The number of nitrogens with one attached hydrogen (secondary N) is 1. The van der Waals surface area contributed by atoms with Crippen LogP contribution in [0.2, 0.25) is 0 Å². The Hall–Kier alpha value is -2.69. The number of hydrogen-bond donors (Lipinski definition) is 1. The Bertz CT molecular complexity index is 877. The summed E-state index contributed by atoms with van der Waals surface area (Å²) in [5.74, 6) is -1.36. The average Bonchev–Trinajstić information content (AvgIpc) is 2.67. The summed E-state index contributed by atoms with van der Waals surface area (Å²) in [6.07, 6.45) is -5.26. The Morgan fingerprint density at radius 3 is 2.27 bits per heavy atom. The first-order chi connectivity index (χ1) is 14.0. The lowest BCUT2D eigenvalue weighted by molar-refractivity contribution is -0.148. The van der Waals surface area contributed by atoms with Crippen LogP contribution in [0.4, 0.5) is 32.0 Å². The number of hydrogen-bond acceptors (Lipinski definition) is 4. The zero-order valence-electron chi connectivity index (χ0n) is 15.6. The van der Waals surface area contributed by atoms with E-state index in [-0.39, 0.29) is 37.1 Å². The second-order valence-corrected chi connectivity index (χ2v) is 7.01. The van der Waals surface area contributed by atoms with Crippen LogP contribution >= 0.6 is 0 Å². The van der Waals surface area contributed by atoms with Crippen LogP contribution in [0.3, 0.4) is 0 Å². The molecule has 0 aliphatic carbocycles. The van der Waals surface area contributed by atoms with Gasteiger partial charge in [0.1, 0.15) is 6.33 Å². The van der Waals surface area contributed by atoms with Gasteiger partial charge in [-0.1, -0.05) is 12.1 Å².